The minimum atomic E-state index is -0.0922. The lowest BCUT2D eigenvalue weighted by Gasteiger charge is -2.46. The second-order valence-corrected chi connectivity index (χ2v) is 8.55. The van der Waals surface area contributed by atoms with Gasteiger partial charge in [0.2, 0.25) is 0 Å². The summed E-state index contributed by atoms with van der Waals surface area (Å²) in [5, 5.41) is 0.913. The zero-order valence-corrected chi connectivity index (χ0v) is 16.0. The van der Waals surface area contributed by atoms with E-state index in [2.05, 4.69) is 44.7 Å². The molecule has 5 bridgehead atoms. The zero-order chi connectivity index (χ0) is 17.1. The quantitative estimate of drug-likeness (QED) is 0.615. The average molecular weight is 343 g/mol. The highest BCUT2D eigenvalue weighted by atomic mass is 35.5. The third-order valence-electron chi connectivity index (χ3n) is 6.49. The second-order valence-electron chi connectivity index (χ2n) is 8.07. The van der Waals surface area contributed by atoms with Gasteiger partial charge in [-0.05, 0) is 62.8 Å². The van der Waals surface area contributed by atoms with Crippen LogP contribution in [0.5, 0.6) is 0 Å². The molecule has 2 aliphatic heterocycles. The van der Waals surface area contributed by atoms with Crippen LogP contribution in [0.25, 0.3) is 0 Å². The fourth-order valence-electron chi connectivity index (χ4n) is 4.99. The van der Waals surface area contributed by atoms with Crippen LogP contribution in [-0.4, -0.2) is 29.2 Å². The maximum absolute atomic E-state index is 6.48. The fourth-order valence-corrected chi connectivity index (χ4v) is 5.16. The van der Waals surface area contributed by atoms with Crippen molar-refractivity contribution < 1.29 is 0 Å². The van der Waals surface area contributed by atoms with Gasteiger partial charge in [0.1, 0.15) is 0 Å². The van der Waals surface area contributed by atoms with E-state index in [0.717, 1.165) is 37.3 Å². The molecule has 0 N–H and O–H groups in total. The molecule has 3 unspecified atom stereocenters. The summed E-state index contributed by atoms with van der Waals surface area (Å²) in [5.74, 6) is 0.505. The summed E-state index contributed by atoms with van der Waals surface area (Å²) < 4.78 is 0. The van der Waals surface area contributed by atoms with E-state index in [1.54, 1.807) is 11.3 Å². The van der Waals surface area contributed by atoms with Crippen molar-refractivity contribution in [3.8, 4) is 0 Å². The monoisotopic (exact) mass is 342 g/mol. The highest BCUT2D eigenvalue weighted by molar-refractivity contribution is 6.30. The third-order valence-corrected chi connectivity index (χ3v) is 6.75. The highest BCUT2D eigenvalue weighted by Crippen LogP contribution is 2.54. The van der Waals surface area contributed by atoms with Crippen LogP contribution in [0, 0.1) is 5.92 Å². The van der Waals surface area contributed by atoms with Gasteiger partial charge < -0.3 is 4.90 Å². The summed E-state index contributed by atoms with van der Waals surface area (Å²) in [4.78, 5) is 7.75. The van der Waals surface area contributed by atoms with Gasteiger partial charge in [0.05, 0.1) is 5.54 Å². The van der Waals surface area contributed by atoms with Crippen molar-refractivity contribution in [1.29, 1.82) is 0 Å². The lowest BCUT2D eigenvalue weighted by Crippen LogP contribution is -2.48. The molecule has 128 valence electrons. The number of likely N-dealkylation sites (tertiary alicyclic amines) is 1. The number of aliphatic imine (C=N–C) groups is 1. The predicted octanol–water partition coefficient (Wildman–Crippen LogP) is 5.38. The lowest BCUT2D eigenvalue weighted by molar-refractivity contribution is 0.168. The van der Waals surface area contributed by atoms with Crippen LogP contribution in [-0.2, 0) is 0 Å². The minimum absolute atomic E-state index is 0.0922. The molecule has 0 aromatic carbocycles. The molecule has 3 atom stereocenters. The maximum atomic E-state index is 6.48. The Kier molecular flexibility index (Phi) is 3.80. The SMILES string of the molecule is CC(C)=CCN1C2=C3CC1C(C)C1(C)N=CCC(Cl)=CC3=C1CC2. The summed E-state index contributed by atoms with van der Waals surface area (Å²) in [6, 6.07) is 0.547. The number of hydrogen-bond donors (Lipinski definition) is 0. The van der Waals surface area contributed by atoms with E-state index in [4.69, 9.17) is 16.6 Å². The van der Waals surface area contributed by atoms with Crippen LogP contribution < -0.4 is 0 Å². The van der Waals surface area contributed by atoms with Crippen LogP contribution in [0.3, 0.4) is 0 Å². The number of rotatable bonds is 2. The van der Waals surface area contributed by atoms with Crippen molar-refractivity contribution in [2.24, 2.45) is 10.9 Å². The van der Waals surface area contributed by atoms with Gasteiger partial charge in [0.15, 0.2) is 0 Å². The number of fused-ring (bicyclic) bond motifs is 1. The summed E-state index contributed by atoms with van der Waals surface area (Å²) in [6.45, 7) is 10.2. The molecule has 0 fully saturated rings. The number of allylic oxidation sites excluding steroid dienone is 5. The molecular weight excluding hydrogens is 316 g/mol. The van der Waals surface area contributed by atoms with Crippen LogP contribution in [0.2, 0.25) is 0 Å². The Bertz CT molecular complexity index is 733. The average Bonchev–Trinajstić information content (AvgIpc) is 2.87. The molecule has 2 nitrogen and oxygen atoms in total. The zero-order valence-electron chi connectivity index (χ0n) is 15.2. The summed E-state index contributed by atoms with van der Waals surface area (Å²) in [7, 11) is 0. The number of hydrogen-bond acceptors (Lipinski definition) is 2. The van der Waals surface area contributed by atoms with Gasteiger partial charge in [-0.15, -0.1) is 0 Å². The molecule has 0 saturated carbocycles. The van der Waals surface area contributed by atoms with Crippen molar-refractivity contribution in [3.05, 3.63) is 45.2 Å². The van der Waals surface area contributed by atoms with Crippen molar-refractivity contribution in [2.45, 2.75) is 65.0 Å². The van der Waals surface area contributed by atoms with E-state index in [1.807, 2.05) is 6.21 Å². The van der Waals surface area contributed by atoms with Gasteiger partial charge in [-0.3, -0.25) is 4.99 Å². The Labute approximate surface area is 150 Å². The molecule has 0 aromatic heterocycles. The van der Waals surface area contributed by atoms with E-state index in [-0.39, 0.29) is 5.54 Å². The fraction of sp³-hybridized carbons (Fsp3) is 0.571. The van der Waals surface area contributed by atoms with Crippen LogP contribution in [0.15, 0.2) is 50.2 Å². The first kappa shape index (κ1) is 16.2. The standard InChI is InChI=1S/C21H27ClN2/c1-13(2)8-10-24-19-6-5-18-16-11-15(22)7-9-23-21(18,4)14(3)20(24)12-17(16)19/h8-9,11,14,20H,5-7,10,12H2,1-4H3. The molecule has 0 radical (unpaired) electrons. The topological polar surface area (TPSA) is 15.6 Å². The Morgan fingerprint density at radius 2 is 2.21 bits per heavy atom. The summed E-state index contributed by atoms with van der Waals surface area (Å²) in [5.41, 5.74) is 7.35. The number of nitrogens with zero attached hydrogens (tertiary/aromatic N) is 2. The normalized spacial score (nSPS) is 34.2. The first-order chi connectivity index (χ1) is 11.4. The summed E-state index contributed by atoms with van der Waals surface area (Å²) >= 11 is 6.48. The van der Waals surface area contributed by atoms with E-state index in [9.17, 15) is 0 Å². The first-order valence-corrected chi connectivity index (χ1v) is 9.55. The molecule has 24 heavy (non-hydrogen) atoms. The molecule has 4 aliphatic rings. The van der Waals surface area contributed by atoms with E-state index < -0.39 is 0 Å². The Morgan fingerprint density at radius 1 is 1.42 bits per heavy atom. The number of halogens is 1. The van der Waals surface area contributed by atoms with Crippen LogP contribution in [0.1, 0.15) is 53.4 Å². The van der Waals surface area contributed by atoms with E-state index in [0.29, 0.717) is 12.0 Å². The van der Waals surface area contributed by atoms with Crippen molar-refractivity contribution in [1.82, 2.24) is 4.90 Å². The molecule has 4 rings (SSSR count). The van der Waals surface area contributed by atoms with Crippen molar-refractivity contribution in [2.75, 3.05) is 6.54 Å². The van der Waals surface area contributed by atoms with Gasteiger partial charge in [0, 0.05) is 41.9 Å². The Balaban J connectivity index is 1.91. The van der Waals surface area contributed by atoms with Gasteiger partial charge in [-0.1, -0.05) is 30.2 Å². The predicted molar refractivity (Wildman–Crippen MR) is 102 cm³/mol. The molecule has 0 amide bonds. The third kappa shape index (κ3) is 2.26. The van der Waals surface area contributed by atoms with Gasteiger partial charge in [-0.2, -0.15) is 0 Å². The van der Waals surface area contributed by atoms with E-state index in [1.165, 1.54) is 16.7 Å². The van der Waals surface area contributed by atoms with Gasteiger partial charge >= 0.3 is 0 Å². The Hall–Kier alpha value is -1.28. The first-order valence-electron chi connectivity index (χ1n) is 9.17. The molecule has 0 aromatic rings. The molecule has 3 heteroatoms. The molecule has 2 heterocycles. The molecule has 0 saturated heterocycles. The van der Waals surface area contributed by atoms with Gasteiger partial charge in [0.25, 0.3) is 0 Å². The summed E-state index contributed by atoms with van der Waals surface area (Å²) in [6.07, 6.45) is 10.8. The molecular formula is C21H27ClN2. The highest BCUT2D eigenvalue weighted by Gasteiger charge is 2.51. The largest absolute Gasteiger partial charge is 0.367 e. The molecule has 2 aliphatic carbocycles. The lowest BCUT2D eigenvalue weighted by atomic mass is 9.72. The second kappa shape index (κ2) is 5.62. The van der Waals surface area contributed by atoms with Crippen molar-refractivity contribution in [3.63, 3.8) is 0 Å². The molecule has 0 spiro atoms. The van der Waals surface area contributed by atoms with E-state index >= 15 is 0 Å². The van der Waals surface area contributed by atoms with Crippen molar-refractivity contribution >= 4 is 17.8 Å². The van der Waals surface area contributed by atoms with Crippen LogP contribution >= 0.6 is 11.6 Å². The smallest absolute Gasteiger partial charge is 0.0839 e. The van der Waals surface area contributed by atoms with Crippen LogP contribution in [0.4, 0.5) is 0 Å². The maximum Gasteiger partial charge on any atom is 0.0839 e. The minimum Gasteiger partial charge on any atom is -0.367 e. The van der Waals surface area contributed by atoms with Gasteiger partial charge in [-0.25, -0.2) is 0 Å². The Morgan fingerprint density at radius 3 is 2.96 bits per heavy atom.